The van der Waals surface area contributed by atoms with Gasteiger partial charge >= 0.3 is 0 Å². The summed E-state index contributed by atoms with van der Waals surface area (Å²) in [5.41, 5.74) is 7.56. The molecule has 3 N–H and O–H groups in total. The SMILES string of the molecule is CCCc1ccc(CN2CCC(c3cc(=O)[nH]c(N4CCOCC4)n3)CC2)cn1.CN(C)c1ncc(CN2CCC(c3cc(=O)[nH]c(N4CCCC4)n3)CC2)cn1.O=c1cc(C2CCN(Cc3cccnc3)CC2)nc(N2CCCC2)[nH]1. The largest absolute Gasteiger partial charge is 0.378 e. The van der Waals surface area contributed by atoms with Crippen LogP contribution in [0.2, 0.25) is 0 Å². The molecule has 6 saturated heterocycles. The number of morpholine rings is 1. The first-order valence-corrected chi connectivity index (χ1v) is 30.2. The van der Waals surface area contributed by atoms with Crippen LogP contribution in [-0.2, 0) is 30.8 Å². The molecule has 21 heteroatoms. The average molecular weight is 1120 g/mol. The predicted octanol–water partition coefficient (Wildman–Crippen LogP) is 6.08. The number of hydrogen-bond donors (Lipinski definition) is 3. The Morgan fingerprint density at radius 2 is 0.927 bits per heavy atom. The minimum Gasteiger partial charge on any atom is -0.378 e. The van der Waals surface area contributed by atoms with E-state index in [-0.39, 0.29) is 16.7 Å². The highest BCUT2D eigenvalue weighted by Crippen LogP contribution is 2.31. The second-order valence-corrected chi connectivity index (χ2v) is 23.2. The molecule has 12 heterocycles. The van der Waals surface area contributed by atoms with Crippen LogP contribution in [0.15, 0.2) is 87.8 Å². The van der Waals surface area contributed by atoms with Gasteiger partial charge in [0, 0.05) is 151 Å². The lowest BCUT2D eigenvalue weighted by Crippen LogP contribution is -2.39. The maximum atomic E-state index is 12.2. The quantitative estimate of drug-likeness (QED) is 0.106. The number of pyridine rings is 2. The number of anilines is 4. The molecule has 0 aromatic carbocycles. The number of likely N-dealkylation sites (tertiary alicyclic amines) is 3. The molecule has 0 spiro atoms. The number of nitrogens with zero attached hydrogens (tertiary/aromatic N) is 14. The van der Waals surface area contributed by atoms with Crippen molar-refractivity contribution in [2.75, 3.05) is 125 Å². The molecular weight excluding hydrogens is 1030 g/mol. The number of aromatic amines is 3. The van der Waals surface area contributed by atoms with Crippen molar-refractivity contribution in [1.29, 1.82) is 0 Å². The number of aryl methyl sites for hydroxylation is 1. The molecule has 6 fully saturated rings. The lowest BCUT2D eigenvalue weighted by molar-refractivity contribution is 0.122. The molecule has 0 bridgehead atoms. The molecule has 6 aromatic rings. The Hall–Kier alpha value is -6.94. The molecule has 0 aliphatic carbocycles. The summed E-state index contributed by atoms with van der Waals surface area (Å²) in [5, 5.41) is 0. The number of piperidine rings is 3. The van der Waals surface area contributed by atoms with E-state index in [0.717, 1.165) is 190 Å². The lowest BCUT2D eigenvalue weighted by atomic mass is 9.93. The van der Waals surface area contributed by atoms with Crippen molar-refractivity contribution in [3.05, 3.63) is 144 Å². The van der Waals surface area contributed by atoms with E-state index >= 15 is 0 Å². The highest BCUT2D eigenvalue weighted by atomic mass is 16.5. The van der Waals surface area contributed by atoms with Gasteiger partial charge in [0.15, 0.2) is 0 Å². The van der Waals surface area contributed by atoms with Crippen LogP contribution in [0.5, 0.6) is 0 Å². The molecule has 21 nitrogen and oxygen atoms in total. The Morgan fingerprint density at radius 1 is 0.512 bits per heavy atom. The fraction of sp³-hybridized carbons (Fsp3) is 0.574. The number of rotatable bonds is 15. The molecule has 0 amide bonds. The normalized spacial score (nSPS) is 18.9. The van der Waals surface area contributed by atoms with Gasteiger partial charge in [0.2, 0.25) is 23.8 Å². The second kappa shape index (κ2) is 28.8. The molecular formula is C61H85N17O4. The summed E-state index contributed by atoms with van der Waals surface area (Å²) in [6.07, 6.45) is 22.7. The summed E-state index contributed by atoms with van der Waals surface area (Å²) in [5.74, 6) is 4.02. The molecule has 82 heavy (non-hydrogen) atoms. The highest BCUT2D eigenvalue weighted by molar-refractivity contribution is 5.35. The van der Waals surface area contributed by atoms with Crippen LogP contribution >= 0.6 is 0 Å². The lowest BCUT2D eigenvalue weighted by Gasteiger charge is -2.32. The summed E-state index contributed by atoms with van der Waals surface area (Å²) in [6, 6.07) is 13.5. The van der Waals surface area contributed by atoms with Crippen LogP contribution < -0.4 is 36.3 Å². The van der Waals surface area contributed by atoms with E-state index in [4.69, 9.17) is 19.7 Å². The van der Waals surface area contributed by atoms with Crippen LogP contribution in [0.1, 0.15) is 135 Å². The van der Waals surface area contributed by atoms with E-state index in [1.807, 2.05) is 56.0 Å². The molecule has 12 rings (SSSR count). The third-order valence-electron chi connectivity index (χ3n) is 16.8. The van der Waals surface area contributed by atoms with E-state index in [1.54, 1.807) is 18.2 Å². The fourth-order valence-corrected chi connectivity index (χ4v) is 12.1. The molecule has 6 aliphatic heterocycles. The highest BCUT2D eigenvalue weighted by Gasteiger charge is 2.28. The minimum absolute atomic E-state index is 0.0234. The first-order chi connectivity index (χ1) is 40.1. The molecule has 6 aromatic heterocycles. The number of ether oxygens (including phenoxy) is 1. The summed E-state index contributed by atoms with van der Waals surface area (Å²) in [4.78, 5) is 92.9. The molecule has 0 saturated carbocycles. The first kappa shape index (κ1) is 58.3. The average Bonchev–Trinajstić information content (AvgIpc) is 4.37. The molecule has 0 unspecified atom stereocenters. The molecule has 0 atom stereocenters. The van der Waals surface area contributed by atoms with Crippen molar-refractivity contribution < 1.29 is 4.74 Å². The predicted molar refractivity (Wildman–Crippen MR) is 321 cm³/mol. The van der Waals surface area contributed by atoms with Crippen LogP contribution in [-0.4, -0.2) is 170 Å². The zero-order valence-corrected chi connectivity index (χ0v) is 48.6. The monoisotopic (exact) mass is 1120 g/mol. The fourth-order valence-electron chi connectivity index (χ4n) is 12.1. The Kier molecular flexibility index (Phi) is 20.5. The number of hydrogen-bond acceptors (Lipinski definition) is 18. The van der Waals surface area contributed by atoms with Crippen molar-refractivity contribution in [1.82, 2.24) is 64.5 Å². The van der Waals surface area contributed by atoms with E-state index in [1.165, 1.54) is 42.5 Å². The van der Waals surface area contributed by atoms with E-state index in [0.29, 0.717) is 36.9 Å². The number of nitrogens with one attached hydrogen (secondary N) is 3. The van der Waals surface area contributed by atoms with Crippen LogP contribution in [0.3, 0.4) is 0 Å². The summed E-state index contributed by atoms with van der Waals surface area (Å²) < 4.78 is 5.41. The van der Waals surface area contributed by atoms with Gasteiger partial charge in [0.1, 0.15) is 0 Å². The Morgan fingerprint density at radius 3 is 1.32 bits per heavy atom. The first-order valence-electron chi connectivity index (χ1n) is 30.2. The van der Waals surface area contributed by atoms with Crippen molar-refractivity contribution in [3.8, 4) is 0 Å². The van der Waals surface area contributed by atoms with Crippen LogP contribution in [0.25, 0.3) is 0 Å². The van der Waals surface area contributed by atoms with E-state index in [2.05, 4.69) is 89.4 Å². The smallest absolute Gasteiger partial charge is 0.252 e. The van der Waals surface area contributed by atoms with Gasteiger partial charge < -0.3 is 24.3 Å². The summed E-state index contributed by atoms with van der Waals surface area (Å²) in [6.45, 7) is 17.9. The van der Waals surface area contributed by atoms with Crippen molar-refractivity contribution in [3.63, 3.8) is 0 Å². The van der Waals surface area contributed by atoms with Crippen molar-refractivity contribution in [2.24, 2.45) is 0 Å². The summed E-state index contributed by atoms with van der Waals surface area (Å²) in [7, 11) is 3.88. The number of aromatic nitrogens is 10. The van der Waals surface area contributed by atoms with Crippen LogP contribution in [0, 0.1) is 0 Å². The third-order valence-corrected chi connectivity index (χ3v) is 16.8. The zero-order valence-electron chi connectivity index (χ0n) is 48.6. The Bertz CT molecular complexity index is 3080. The van der Waals surface area contributed by atoms with E-state index in [9.17, 15) is 14.4 Å². The van der Waals surface area contributed by atoms with Gasteiger partial charge in [-0.3, -0.25) is 54.0 Å². The molecule has 438 valence electrons. The minimum atomic E-state index is -0.0582. The second-order valence-electron chi connectivity index (χ2n) is 23.2. The van der Waals surface area contributed by atoms with Crippen LogP contribution in [0.4, 0.5) is 23.8 Å². The van der Waals surface area contributed by atoms with Gasteiger partial charge in [-0.15, -0.1) is 0 Å². The third kappa shape index (κ3) is 16.4. The van der Waals surface area contributed by atoms with Gasteiger partial charge in [-0.05, 0) is 133 Å². The number of H-pyrrole nitrogens is 3. The molecule has 6 aliphatic rings. The maximum absolute atomic E-state index is 12.2. The Labute approximate surface area is 482 Å². The topological polar surface area (TPSA) is 221 Å². The van der Waals surface area contributed by atoms with Gasteiger partial charge in [-0.1, -0.05) is 25.5 Å². The van der Waals surface area contributed by atoms with Gasteiger partial charge in [-0.2, -0.15) is 0 Å². The van der Waals surface area contributed by atoms with Crippen molar-refractivity contribution in [2.45, 2.75) is 121 Å². The Balaban J connectivity index is 0.000000138. The van der Waals surface area contributed by atoms with Gasteiger partial charge in [-0.25, -0.2) is 24.9 Å². The van der Waals surface area contributed by atoms with Crippen molar-refractivity contribution >= 4 is 23.8 Å². The van der Waals surface area contributed by atoms with E-state index < -0.39 is 0 Å². The maximum Gasteiger partial charge on any atom is 0.252 e. The molecule has 0 radical (unpaired) electrons. The zero-order chi connectivity index (χ0) is 56.6. The standard InChI is InChI=1S/C22H31N5O2.C20H29N7O.C19H25N5O/c1-2-3-19-5-4-17(15-23-19)16-26-8-6-18(7-9-26)20-14-21(28)25-22(24-20)27-10-12-29-13-11-27;1-25(2)19-21-12-15(13-22-19)14-26-9-5-16(6-10-26)17-11-18(28)24-20(23-17)27-7-3-4-8-27;25-18-12-17(21-19(22-18)24-8-1-2-9-24)16-5-10-23(11-6-16)14-15-4-3-7-20-13-15/h4-5,14-15,18H,2-3,6-13,16H2,1H3,(H,24,25,28);11-13,16H,3-10,14H2,1-2H3,(H,23,24,28);3-4,7,12-13,16H,1-2,5-6,8-11,14H2,(H,21,22,25). The van der Waals surface area contributed by atoms with Gasteiger partial charge in [0.05, 0.1) is 30.3 Å². The van der Waals surface area contributed by atoms with Gasteiger partial charge in [0.25, 0.3) is 16.7 Å². The summed E-state index contributed by atoms with van der Waals surface area (Å²) >= 11 is 0.